The molecule has 2 atom stereocenters. The number of hydrogen-bond acceptors (Lipinski definition) is 7. The zero-order valence-corrected chi connectivity index (χ0v) is 36.1. The maximum Gasteiger partial charge on any atom is 0.469 e. The Morgan fingerprint density at radius 2 is 1.02 bits per heavy atom. The smallest absolute Gasteiger partial charge is 0.462 e. The Morgan fingerprint density at radius 3 is 1.49 bits per heavy atom. The van der Waals surface area contributed by atoms with Gasteiger partial charge in [0, 0.05) is 12.8 Å². The lowest BCUT2D eigenvalue weighted by Crippen LogP contribution is -2.29. The average molecular weight is 799 g/mol. The lowest BCUT2D eigenvalue weighted by molar-refractivity contribution is -0.161. The molecule has 10 heteroatoms. The summed E-state index contributed by atoms with van der Waals surface area (Å²) < 4.78 is 26.4. The number of hydrogen-bond donors (Lipinski definition) is 3. The molecule has 0 heterocycles. The first-order valence-corrected chi connectivity index (χ1v) is 23.9. The molecule has 0 aliphatic rings. The summed E-state index contributed by atoms with van der Waals surface area (Å²) in [5.41, 5.74) is 0. The molecule has 322 valence electrons. The highest BCUT2D eigenvalue weighted by Gasteiger charge is 2.23. The van der Waals surface area contributed by atoms with Gasteiger partial charge in [0.25, 0.3) is 0 Å². The van der Waals surface area contributed by atoms with Crippen molar-refractivity contribution in [3.63, 3.8) is 0 Å². The van der Waals surface area contributed by atoms with Crippen LogP contribution < -0.4 is 0 Å². The first-order chi connectivity index (χ1) is 26.7. The highest BCUT2D eigenvalue weighted by atomic mass is 31.2. The minimum absolute atomic E-state index is 0.144. The number of ether oxygens (including phenoxy) is 2. The highest BCUT2D eigenvalue weighted by molar-refractivity contribution is 7.46. The summed E-state index contributed by atoms with van der Waals surface area (Å²) >= 11 is 0. The number of carbonyl (C=O) groups is 2. The van der Waals surface area contributed by atoms with E-state index < -0.39 is 38.6 Å². The van der Waals surface area contributed by atoms with E-state index in [-0.39, 0.29) is 19.4 Å². The van der Waals surface area contributed by atoms with Crippen molar-refractivity contribution in [1.29, 1.82) is 0 Å². The number of aliphatic hydroxyl groups excluding tert-OH is 1. The molecule has 0 aromatic rings. The van der Waals surface area contributed by atoms with Gasteiger partial charge in [0.2, 0.25) is 0 Å². The summed E-state index contributed by atoms with van der Waals surface area (Å²) in [6.45, 7) is 3.50. The average Bonchev–Trinajstić information content (AvgIpc) is 3.15. The summed E-state index contributed by atoms with van der Waals surface area (Å²) in [6.07, 6.45) is 44.7. The van der Waals surface area contributed by atoms with Gasteiger partial charge in [-0.3, -0.25) is 14.1 Å². The lowest BCUT2D eigenvalue weighted by atomic mass is 10.0. The summed E-state index contributed by atoms with van der Waals surface area (Å²) in [4.78, 5) is 42.9. The van der Waals surface area contributed by atoms with Crippen molar-refractivity contribution in [1.82, 2.24) is 0 Å². The monoisotopic (exact) mass is 799 g/mol. The lowest BCUT2D eigenvalue weighted by Gasteiger charge is -2.18. The van der Waals surface area contributed by atoms with Crippen molar-refractivity contribution in [2.45, 2.75) is 225 Å². The molecule has 0 rings (SSSR count). The molecule has 0 bridgehead atoms. The molecule has 0 aromatic heterocycles. The maximum absolute atomic E-state index is 12.4. The van der Waals surface area contributed by atoms with Crippen molar-refractivity contribution in [3.8, 4) is 0 Å². The van der Waals surface area contributed by atoms with Crippen LogP contribution in [-0.4, -0.2) is 52.3 Å². The third kappa shape index (κ3) is 43.2. The minimum Gasteiger partial charge on any atom is -0.462 e. The first kappa shape index (κ1) is 53.2. The molecule has 1 unspecified atom stereocenters. The summed E-state index contributed by atoms with van der Waals surface area (Å²) in [7, 11) is -4.78. The van der Waals surface area contributed by atoms with E-state index in [1.807, 2.05) is 18.2 Å². The highest BCUT2D eigenvalue weighted by Crippen LogP contribution is 2.36. The Labute approximate surface area is 336 Å². The van der Waals surface area contributed by atoms with E-state index in [1.165, 1.54) is 116 Å². The molecule has 55 heavy (non-hydrogen) atoms. The second-order valence-corrected chi connectivity index (χ2v) is 16.4. The van der Waals surface area contributed by atoms with Crippen molar-refractivity contribution in [2.75, 3.05) is 13.2 Å². The fraction of sp³-hybridized carbons (Fsp3) is 0.822. The second kappa shape index (κ2) is 40.4. The Hall–Kier alpha value is -1.77. The summed E-state index contributed by atoms with van der Waals surface area (Å²) in [6, 6.07) is 0. The standard InChI is InChI=1S/C45H83O9P/c1-3-5-7-9-11-12-13-14-15-16-17-18-19-20-21-22-23-24-26-30-34-38-44(47)52-40-43(41-53-55(49,50)51)54-45(48)39-35-31-27-29-33-37-42(46)36-32-28-25-10-8-6-4-2/h6,8,25,28,32,36,42-43,46H,3-5,7,9-24,26-27,29-31,33-35,37-41H2,1-2H3,(H2,49,50,51)/b8-6+,28-25+,36-32+/t42?,43-/m1/s1. The van der Waals surface area contributed by atoms with Gasteiger partial charge < -0.3 is 24.4 Å². The van der Waals surface area contributed by atoms with E-state index in [2.05, 4.69) is 30.5 Å². The Balaban J connectivity index is 3.90. The van der Waals surface area contributed by atoms with Crippen molar-refractivity contribution in [2.24, 2.45) is 0 Å². The number of unbranched alkanes of at least 4 members (excludes halogenated alkanes) is 24. The van der Waals surface area contributed by atoms with E-state index >= 15 is 0 Å². The van der Waals surface area contributed by atoms with Crippen LogP contribution in [0, 0.1) is 0 Å². The molecule has 0 fully saturated rings. The first-order valence-electron chi connectivity index (χ1n) is 22.4. The predicted molar refractivity (Wildman–Crippen MR) is 227 cm³/mol. The van der Waals surface area contributed by atoms with Crippen LogP contribution in [-0.2, 0) is 28.2 Å². The quantitative estimate of drug-likeness (QED) is 0.0181. The van der Waals surface area contributed by atoms with Gasteiger partial charge in [-0.15, -0.1) is 0 Å². The molecular formula is C45H83O9P. The zero-order chi connectivity index (χ0) is 40.5. The van der Waals surface area contributed by atoms with Gasteiger partial charge in [-0.25, -0.2) is 4.57 Å². The second-order valence-electron chi connectivity index (χ2n) is 15.2. The molecule has 0 saturated heterocycles. The molecule has 0 spiro atoms. The maximum atomic E-state index is 12.4. The molecule has 9 nitrogen and oxygen atoms in total. The number of phosphoric acid groups is 1. The number of rotatable bonds is 41. The van der Waals surface area contributed by atoms with Gasteiger partial charge in [-0.05, 0) is 32.1 Å². The van der Waals surface area contributed by atoms with Crippen LogP contribution in [0.5, 0.6) is 0 Å². The van der Waals surface area contributed by atoms with Crippen molar-refractivity contribution in [3.05, 3.63) is 36.5 Å². The third-order valence-electron chi connectivity index (χ3n) is 9.78. The van der Waals surface area contributed by atoms with Crippen LogP contribution in [0.25, 0.3) is 0 Å². The van der Waals surface area contributed by atoms with Gasteiger partial charge in [-0.2, -0.15) is 0 Å². The normalized spacial score (nSPS) is 13.3. The predicted octanol–water partition coefficient (Wildman–Crippen LogP) is 12.7. The van der Waals surface area contributed by atoms with E-state index in [9.17, 15) is 19.3 Å². The van der Waals surface area contributed by atoms with Gasteiger partial charge in [0.1, 0.15) is 6.61 Å². The van der Waals surface area contributed by atoms with Crippen LogP contribution in [0.1, 0.15) is 213 Å². The van der Waals surface area contributed by atoms with Gasteiger partial charge >= 0.3 is 19.8 Å². The fourth-order valence-electron chi connectivity index (χ4n) is 6.44. The molecule has 0 radical (unpaired) electrons. The Bertz CT molecular complexity index is 1010. The summed E-state index contributed by atoms with van der Waals surface area (Å²) in [5, 5.41) is 10.1. The minimum atomic E-state index is -4.78. The number of esters is 2. The van der Waals surface area contributed by atoms with Crippen LogP contribution in [0.15, 0.2) is 36.5 Å². The SMILES string of the molecule is CC/C=C/C/C=C/C=C/C(O)CCCCCCCC(=O)O[C@H](COC(=O)CCCCCCCCCCCCCCCCCCCCCCC)COP(=O)(O)O. The topological polar surface area (TPSA) is 140 Å². The number of aliphatic hydroxyl groups is 1. The Kier molecular flexibility index (Phi) is 39.1. The molecule has 0 amide bonds. The van der Waals surface area contributed by atoms with Crippen molar-refractivity contribution >= 4 is 19.8 Å². The molecule has 0 saturated carbocycles. The van der Waals surface area contributed by atoms with Gasteiger partial charge in [0.15, 0.2) is 6.10 Å². The molecule has 0 aliphatic heterocycles. The van der Waals surface area contributed by atoms with Gasteiger partial charge in [0.05, 0.1) is 12.7 Å². The largest absolute Gasteiger partial charge is 0.469 e. The van der Waals surface area contributed by atoms with Gasteiger partial charge in [-0.1, -0.05) is 204 Å². The van der Waals surface area contributed by atoms with Crippen LogP contribution in [0.3, 0.4) is 0 Å². The summed E-state index contributed by atoms with van der Waals surface area (Å²) in [5.74, 6) is -0.953. The molecular weight excluding hydrogens is 715 g/mol. The van der Waals surface area contributed by atoms with E-state index in [0.29, 0.717) is 19.3 Å². The van der Waals surface area contributed by atoms with Crippen LogP contribution in [0.4, 0.5) is 0 Å². The van der Waals surface area contributed by atoms with Crippen LogP contribution >= 0.6 is 7.82 Å². The third-order valence-corrected chi connectivity index (χ3v) is 10.3. The van der Waals surface area contributed by atoms with E-state index in [1.54, 1.807) is 6.08 Å². The molecule has 0 aliphatic carbocycles. The number of phosphoric ester groups is 1. The van der Waals surface area contributed by atoms with Crippen molar-refractivity contribution < 1.29 is 43.0 Å². The fourth-order valence-corrected chi connectivity index (χ4v) is 6.80. The number of allylic oxidation sites excluding steroid dienone is 5. The van der Waals surface area contributed by atoms with Crippen LogP contribution in [0.2, 0.25) is 0 Å². The molecule has 0 aromatic carbocycles. The number of carbonyl (C=O) groups excluding carboxylic acids is 2. The van der Waals surface area contributed by atoms with E-state index in [4.69, 9.17) is 19.3 Å². The van der Waals surface area contributed by atoms with E-state index in [0.717, 1.165) is 51.4 Å². The Morgan fingerprint density at radius 1 is 0.564 bits per heavy atom. The molecule has 3 N–H and O–H groups in total. The zero-order valence-electron chi connectivity index (χ0n) is 35.2.